The number of nitrogen functional groups attached to an aromatic ring is 2. The van der Waals surface area contributed by atoms with E-state index in [4.69, 9.17) is 16.5 Å². The van der Waals surface area contributed by atoms with E-state index in [-0.39, 0.29) is 22.9 Å². The summed E-state index contributed by atoms with van der Waals surface area (Å²) >= 11 is 0. The molecule has 0 saturated heterocycles. The maximum Gasteiger partial charge on any atom is 0.266 e. The molecule has 0 bridgehead atoms. The fraction of sp³-hybridized carbons (Fsp3) is 0.0769. The molecule has 176 valence electrons. The number of benzene rings is 2. The Morgan fingerprint density at radius 3 is 2.58 bits per heavy atom. The molecule has 10 heteroatoms. The minimum Gasteiger partial charge on any atom is -0.384 e. The molecule has 10 nitrogen and oxygen atoms in total. The van der Waals surface area contributed by atoms with E-state index in [1.807, 2.05) is 55.5 Å². The van der Waals surface area contributed by atoms with Crippen LogP contribution < -0.4 is 22.3 Å². The van der Waals surface area contributed by atoms with Gasteiger partial charge < -0.3 is 16.8 Å². The molecule has 0 aliphatic heterocycles. The maximum absolute atomic E-state index is 14.1. The average Bonchev–Trinajstić information content (AvgIpc) is 2.89. The Morgan fingerprint density at radius 2 is 1.83 bits per heavy atom. The molecule has 2 aromatic carbocycles. The fourth-order valence-electron chi connectivity index (χ4n) is 4.08. The van der Waals surface area contributed by atoms with Gasteiger partial charge in [-0.3, -0.25) is 9.36 Å². The standard InChI is InChI=1S/C26H21N9O/c1-15(32-23-17(13-27)14-31-26(29)34-23)24-33-20-9-5-8-19(16-10-11-30-21(28)12-16)22(20)25(36)35(24)18-6-3-2-4-7-18/h2-12,14-15H,1H3,(H2,28,30)(H3,29,31,32,34). The molecule has 0 radical (unpaired) electrons. The summed E-state index contributed by atoms with van der Waals surface area (Å²) < 4.78 is 1.56. The van der Waals surface area contributed by atoms with Gasteiger partial charge in [0.05, 0.1) is 28.8 Å². The van der Waals surface area contributed by atoms with Crippen LogP contribution in [0.5, 0.6) is 0 Å². The van der Waals surface area contributed by atoms with Crippen LogP contribution in [0.3, 0.4) is 0 Å². The predicted molar refractivity (Wildman–Crippen MR) is 138 cm³/mol. The van der Waals surface area contributed by atoms with Crippen molar-refractivity contribution in [1.29, 1.82) is 5.26 Å². The highest BCUT2D eigenvalue weighted by molar-refractivity contribution is 5.94. The van der Waals surface area contributed by atoms with Crippen molar-refractivity contribution in [2.75, 3.05) is 16.8 Å². The van der Waals surface area contributed by atoms with Crippen LogP contribution in [0, 0.1) is 11.3 Å². The van der Waals surface area contributed by atoms with E-state index in [9.17, 15) is 10.1 Å². The molecule has 1 unspecified atom stereocenters. The molecule has 5 aromatic rings. The Balaban J connectivity index is 1.75. The molecule has 3 aromatic heterocycles. The van der Waals surface area contributed by atoms with E-state index >= 15 is 0 Å². The van der Waals surface area contributed by atoms with Crippen LogP contribution in [-0.2, 0) is 0 Å². The van der Waals surface area contributed by atoms with Gasteiger partial charge in [0.15, 0.2) is 0 Å². The van der Waals surface area contributed by atoms with Crippen LogP contribution in [0.2, 0.25) is 0 Å². The number of nitrogens with one attached hydrogen (secondary N) is 1. The average molecular weight is 476 g/mol. The minimum atomic E-state index is -0.524. The van der Waals surface area contributed by atoms with Crippen molar-refractivity contribution in [2.24, 2.45) is 0 Å². The minimum absolute atomic E-state index is 0.0249. The van der Waals surface area contributed by atoms with Crippen molar-refractivity contribution < 1.29 is 0 Å². The fourth-order valence-corrected chi connectivity index (χ4v) is 4.08. The second-order valence-electron chi connectivity index (χ2n) is 8.08. The first-order valence-electron chi connectivity index (χ1n) is 11.1. The number of hydrogen-bond donors (Lipinski definition) is 3. The quantitative estimate of drug-likeness (QED) is 0.346. The van der Waals surface area contributed by atoms with Gasteiger partial charge in [-0.05, 0) is 48.4 Å². The highest BCUT2D eigenvalue weighted by Gasteiger charge is 2.21. The lowest BCUT2D eigenvalue weighted by Gasteiger charge is -2.21. The highest BCUT2D eigenvalue weighted by Crippen LogP contribution is 2.29. The number of aromatic nitrogens is 5. The molecule has 0 aliphatic rings. The van der Waals surface area contributed by atoms with Crippen molar-refractivity contribution >= 4 is 28.5 Å². The summed E-state index contributed by atoms with van der Waals surface area (Å²) in [5.41, 5.74) is 14.3. The number of anilines is 3. The van der Waals surface area contributed by atoms with Gasteiger partial charge in [0.2, 0.25) is 5.95 Å². The Kier molecular flexibility index (Phi) is 5.72. The molecule has 36 heavy (non-hydrogen) atoms. The number of nitrogens with two attached hydrogens (primary N) is 2. The maximum atomic E-state index is 14.1. The summed E-state index contributed by atoms with van der Waals surface area (Å²) in [5, 5.41) is 13.1. The van der Waals surface area contributed by atoms with E-state index in [0.717, 1.165) is 5.56 Å². The Morgan fingerprint density at radius 1 is 1.03 bits per heavy atom. The Hall–Kier alpha value is -5.30. The Labute approximate surface area is 205 Å². The molecule has 0 amide bonds. The molecule has 0 fully saturated rings. The third kappa shape index (κ3) is 4.05. The number of nitrogens with zero attached hydrogens (tertiary/aromatic N) is 6. The first-order valence-corrected chi connectivity index (χ1v) is 11.1. The van der Waals surface area contributed by atoms with Gasteiger partial charge in [0, 0.05) is 6.20 Å². The number of fused-ring (bicyclic) bond motifs is 1. The number of rotatable bonds is 5. The molecule has 5 N–H and O–H groups in total. The lowest BCUT2D eigenvalue weighted by molar-refractivity contribution is 0.731. The van der Waals surface area contributed by atoms with Crippen LogP contribution >= 0.6 is 0 Å². The van der Waals surface area contributed by atoms with E-state index in [0.29, 0.717) is 33.8 Å². The van der Waals surface area contributed by atoms with Crippen LogP contribution in [0.15, 0.2) is 77.9 Å². The van der Waals surface area contributed by atoms with Gasteiger partial charge in [0.1, 0.15) is 29.1 Å². The molecular weight excluding hydrogens is 454 g/mol. The third-order valence-corrected chi connectivity index (χ3v) is 5.70. The van der Waals surface area contributed by atoms with E-state index in [1.165, 1.54) is 6.20 Å². The summed E-state index contributed by atoms with van der Waals surface area (Å²) in [4.78, 5) is 31.1. The van der Waals surface area contributed by atoms with Crippen molar-refractivity contribution in [3.8, 4) is 22.9 Å². The third-order valence-electron chi connectivity index (χ3n) is 5.70. The van der Waals surface area contributed by atoms with Crippen molar-refractivity contribution in [2.45, 2.75) is 13.0 Å². The first-order chi connectivity index (χ1) is 17.5. The van der Waals surface area contributed by atoms with E-state index in [2.05, 4.69) is 20.3 Å². The van der Waals surface area contributed by atoms with Gasteiger partial charge in [0.25, 0.3) is 5.56 Å². The van der Waals surface area contributed by atoms with Gasteiger partial charge in [-0.25, -0.2) is 15.0 Å². The second kappa shape index (κ2) is 9.15. The topological polar surface area (TPSA) is 161 Å². The van der Waals surface area contributed by atoms with Gasteiger partial charge in [-0.2, -0.15) is 10.2 Å². The summed E-state index contributed by atoms with van der Waals surface area (Å²) in [5.74, 6) is 1.07. The summed E-state index contributed by atoms with van der Waals surface area (Å²) in [6.07, 6.45) is 2.95. The van der Waals surface area contributed by atoms with E-state index in [1.54, 1.807) is 29.0 Å². The lowest BCUT2D eigenvalue weighted by atomic mass is 10.0. The summed E-state index contributed by atoms with van der Waals surface area (Å²) in [6.45, 7) is 1.83. The number of nitriles is 1. The largest absolute Gasteiger partial charge is 0.384 e. The molecule has 0 aliphatic carbocycles. The zero-order chi connectivity index (χ0) is 25.2. The first kappa shape index (κ1) is 22.5. The molecule has 0 spiro atoms. The summed E-state index contributed by atoms with van der Waals surface area (Å²) in [6, 6.07) is 19.8. The smallest absolute Gasteiger partial charge is 0.266 e. The van der Waals surface area contributed by atoms with Crippen LogP contribution in [0.4, 0.5) is 17.6 Å². The van der Waals surface area contributed by atoms with Crippen molar-refractivity contribution in [3.63, 3.8) is 0 Å². The molecule has 1 atom stereocenters. The SMILES string of the molecule is CC(Nc1nc(N)ncc1C#N)c1nc2cccc(-c3ccnc(N)c3)c2c(=O)n1-c1ccccc1. The molecule has 0 saturated carbocycles. The zero-order valence-corrected chi connectivity index (χ0v) is 19.3. The molecular formula is C26H21N9O. The molecule has 3 heterocycles. The van der Waals surface area contributed by atoms with Crippen LogP contribution in [-0.4, -0.2) is 24.5 Å². The van der Waals surface area contributed by atoms with Crippen LogP contribution in [0.1, 0.15) is 24.4 Å². The summed E-state index contributed by atoms with van der Waals surface area (Å²) in [7, 11) is 0. The monoisotopic (exact) mass is 475 g/mol. The van der Waals surface area contributed by atoms with Gasteiger partial charge in [-0.15, -0.1) is 0 Å². The van der Waals surface area contributed by atoms with Gasteiger partial charge in [-0.1, -0.05) is 30.3 Å². The normalized spacial score (nSPS) is 11.7. The van der Waals surface area contributed by atoms with Gasteiger partial charge >= 0.3 is 0 Å². The number of pyridine rings is 1. The highest BCUT2D eigenvalue weighted by atomic mass is 16.1. The van der Waals surface area contributed by atoms with E-state index < -0.39 is 6.04 Å². The number of para-hydroxylation sites is 1. The van der Waals surface area contributed by atoms with Crippen molar-refractivity contribution in [3.05, 3.63) is 94.8 Å². The van der Waals surface area contributed by atoms with Crippen molar-refractivity contribution in [1.82, 2.24) is 24.5 Å². The molecule has 5 rings (SSSR count). The second-order valence-corrected chi connectivity index (χ2v) is 8.08. The Bertz CT molecular complexity index is 1690. The number of hydrogen-bond acceptors (Lipinski definition) is 9. The lowest BCUT2D eigenvalue weighted by Crippen LogP contribution is -2.28. The van der Waals surface area contributed by atoms with Crippen LogP contribution in [0.25, 0.3) is 27.7 Å². The predicted octanol–water partition coefficient (Wildman–Crippen LogP) is 3.45. The zero-order valence-electron chi connectivity index (χ0n) is 19.3.